The van der Waals surface area contributed by atoms with E-state index in [4.69, 9.17) is 11.6 Å². The van der Waals surface area contributed by atoms with Crippen molar-refractivity contribution in [3.63, 3.8) is 0 Å². The first-order valence-corrected chi connectivity index (χ1v) is 11.7. The Labute approximate surface area is 195 Å². The van der Waals surface area contributed by atoms with Crippen LogP contribution >= 0.6 is 11.6 Å². The van der Waals surface area contributed by atoms with E-state index in [1.165, 1.54) is 30.4 Å². The monoisotopic (exact) mass is 447 g/mol. The Morgan fingerprint density at radius 1 is 1.16 bits per heavy atom. The third-order valence-electron chi connectivity index (χ3n) is 6.75. The fourth-order valence-electron chi connectivity index (χ4n) is 4.88. The number of nitrogens with zero attached hydrogens (tertiary/aromatic N) is 3. The van der Waals surface area contributed by atoms with Gasteiger partial charge in [-0.3, -0.25) is 14.8 Å². The summed E-state index contributed by atoms with van der Waals surface area (Å²) >= 11 is 6.19. The van der Waals surface area contributed by atoms with Gasteiger partial charge in [-0.25, -0.2) is 0 Å². The number of benzene rings is 2. The summed E-state index contributed by atoms with van der Waals surface area (Å²) in [5.41, 5.74) is 4.14. The molecule has 1 aliphatic carbocycles. The van der Waals surface area contributed by atoms with E-state index in [0.717, 1.165) is 17.1 Å². The van der Waals surface area contributed by atoms with Crippen LogP contribution in [-0.2, 0) is 13.0 Å². The number of hydrogen-bond acceptors (Lipinski definition) is 3. The van der Waals surface area contributed by atoms with Crippen LogP contribution in [0.15, 0.2) is 67.1 Å². The SMILES string of the molecule is C[C@H](c1cccc(Cl)c1)[C@H]1CCC(Cc2ccc(C(=O)N(C)Cc3cnccn3)cc2)C1. The van der Waals surface area contributed by atoms with Gasteiger partial charge in [0, 0.05) is 30.0 Å². The van der Waals surface area contributed by atoms with Crippen molar-refractivity contribution in [1.29, 1.82) is 0 Å². The standard InChI is InChI=1S/C27H30ClN3O/c1-19(23-4-3-5-25(28)16-23)24-11-8-21(15-24)14-20-6-9-22(10-7-20)27(32)31(2)18-26-17-29-12-13-30-26/h3-7,9-10,12-13,16-17,19,21,24H,8,11,14-15,18H2,1-2H3/t19-,21?,24+/m1/s1. The Hall–Kier alpha value is -2.72. The van der Waals surface area contributed by atoms with E-state index in [2.05, 4.69) is 41.2 Å². The molecule has 0 N–H and O–H groups in total. The van der Waals surface area contributed by atoms with Gasteiger partial charge in [-0.1, -0.05) is 42.8 Å². The molecule has 0 aliphatic heterocycles. The Bertz CT molecular complexity index is 1040. The van der Waals surface area contributed by atoms with Crippen molar-refractivity contribution in [2.24, 2.45) is 11.8 Å². The van der Waals surface area contributed by atoms with Crippen molar-refractivity contribution in [2.75, 3.05) is 7.05 Å². The van der Waals surface area contributed by atoms with Crippen molar-refractivity contribution >= 4 is 17.5 Å². The van der Waals surface area contributed by atoms with Crippen LogP contribution < -0.4 is 0 Å². The smallest absolute Gasteiger partial charge is 0.253 e. The molecule has 1 heterocycles. The second kappa shape index (κ2) is 10.3. The highest BCUT2D eigenvalue weighted by Crippen LogP contribution is 2.41. The maximum Gasteiger partial charge on any atom is 0.253 e. The summed E-state index contributed by atoms with van der Waals surface area (Å²) in [5.74, 6) is 1.93. The summed E-state index contributed by atoms with van der Waals surface area (Å²) < 4.78 is 0. The third-order valence-corrected chi connectivity index (χ3v) is 6.99. The van der Waals surface area contributed by atoms with Crippen LogP contribution in [0.2, 0.25) is 5.02 Å². The van der Waals surface area contributed by atoms with Crippen molar-refractivity contribution < 1.29 is 4.79 Å². The summed E-state index contributed by atoms with van der Waals surface area (Å²) in [6.45, 7) is 2.78. The van der Waals surface area contributed by atoms with Crippen LogP contribution in [0, 0.1) is 11.8 Å². The van der Waals surface area contributed by atoms with E-state index in [0.29, 0.717) is 29.9 Å². The van der Waals surface area contributed by atoms with Crippen LogP contribution in [0.5, 0.6) is 0 Å². The lowest BCUT2D eigenvalue weighted by Gasteiger charge is -2.20. The first kappa shape index (κ1) is 22.5. The molecule has 0 saturated heterocycles. The van der Waals surface area contributed by atoms with Gasteiger partial charge in [-0.05, 0) is 78.8 Å². The van der Waals surface area contributed by atoms with Gasteiger partial charge in [0.05, 0.1) is 18.4 Å². The molecule has 1 aliphatic rings. The molecule has 3 atom stereocenters. The quantitative estimate of drug-likeness (QED) is 0.435. The van der Waals surface area contributed by atoms with E-state index in [1.807, 2.05) is 24.3 Å². The zero-order chi connectivity index (χ0) is 22.5. The predicted molar refractivity (Wildman–Crippen MR) is 129 cm³/mol. The summed E-state index contributed by atoms with van der Waals surface area (Å²) in [6.07, 6.45) is 9.81. The number of aromatic nitrogens is 2. The number of carbonyl (C=O) groups is 1. The number of carbonyl (C=O) groups excluding carboxylic acids is 1. The molecule has 5 heteroatoms. The van der Waals surface area contributed by atoms with Gasteiger partial charge in [0.25, 0.3) is 5.91 Å². The zero-order valence-corrected chi connectivity index (χ0v) is 19.5. The first-order chi connectivity index (χ1) is 15.5. The summed E-state index contributed by atoms with van der Waals surface area (Å²) in [7, 11) is 1.80. The molecule has 2 aromatic carbocycles. The van der Waals surface area contributed by atoms with Gasteiger partial charge in [0.1, 0.15) is 0 Å². The second-order valence-corrected chi connectivity index (χ2v) is 9.48. The van der Waals surface area contributed by atoms with Crippen LogP contribution in [0.25, 0.3) is 0 Å². The molecule has 4 rings (SSSR count). The molecule has 0 radical (unpaired) electrons. The number of amides is 1. The molecule has 3 aromatic rings. The molecule has 1 amide bonds. The van der Waals surface area contributed by atoms with Gasteiger partial charge in [-0.2, -0.15) is 0 Å². The number of halogens is 1. The number of hydrogen-bond donors (Lipinski definition) is 0. The van der Waals surface area contributed by atoms with Crippen LogP contribution in [0.3, 0.4) is 0 Å². The van der Waals surface area contributed by atoms with Gasteiger partial charge in [0.2, 0.25) is 0 Å². The molecule has 1 unspecified atom stereocenters. The van der Waals surface area contributed by atoms with Gasteiger partial charge in [0.15, 0.2) is 0 Å². The Morgan fingerprint density at radius 3 is 2.69 bits per heavy atom. The van der Waals surface area contributed by atoms with Gasteiger partial charge < -0.3 is 4.90 Å². The molecule has 1 aromatic heterocycles. The van der Waals surface area contributed by atoms with Crippen molar-refractivity contribution in [3.05, 3.63) is 94.5 Å². The van der Waals surface area contributed by atoms with E-state index in [1.54, 1.807) is 30.5 Å². The first-order valence-electron chi connectivity index (χ1n) is 11.3. The maximum atomic E-state index is 12.7. The Kier molecular flexibility index (Phi) is 7.21. The topological polar surface area (TPSA) is 46.1 Å². The summed E-state index contributed by atoms with van der Waals surface area (Å²) in [5, 5.41) is 0.820. The van der Waals surface area contributed by atoms with E-state index in [-0.39, 0.29) is 5.91 Å². The van der Waals surface area contributed by atoms with E-state index in [9.17, 15) is 4.79 Å². The zero-order valence-electron chi connectivity index (χ0n) is 18.7. The number of rotatable bonds is 7. The highest BCUT2D eigenvalue weighted by Gasteiger charge is 2.29. The Morgan fingerprint density at radius 2 is 1.97 bits per heavy atom. The van der Waals surface area contributed by atoms with Crippen molar-refractivity contribution in [1.82, 2.24) is 14.9 Å². The van der Waals surface area contributed by atoms with Crippen molar-refractivity contribution in [3.8, 4) is 0 Å². The van der Waals surface area contributed by atoms with E-state index < -0.39 is 0 Å². The van der Waals surface area contributed by atoms with Crippen LogP contribution in [0.1, 0.15) is 59.3 Å². The lowest BCUT2D eigenvalue weighted by molar-refractivity contribution is 0.0783. The Balaban J connectivity index is 1.31. The third kappa shape index (κ3) is 5.55. The van der Waals surface area contributed by atoms with Crippen LogP contribution in [-0.4, -0.2) is 27.8 Å². The molecule has 4 nitrogen and oxygen atoms in total. The average Bonchev–Trinajstić information content (AvgIpc) is 3.27. The molecule has 0 bridgehead atoms. The largest absolute Gasteiger partial charge is 0.336 e. The van der Waals surface area contributed by atoms with Crippen molar-refractivity contribution in [2.45, 2.75) is 45.1 Å². The molecule has 1 saturated carbocycles. The second-order valence-electron chi connectivity index (χ2n) is 9.04. The van der Waals surface area contributed by atoms with Gasteiger partial charge >= 0.3 is 0 Å². The minimum atomic E-state index is -0.00141. The average molecular weight is 448 g/mol. The molecule has 32 heavy (non-hydrogen) atoms. The molecule has 1 fully saturated rings. The summed E-state index contributed by atoms with van der Waals surface area (Å²) in [4.78, 5) is 22.7. The highest BCUT2D eigenvalue weighted by molar-refractivity contribution is 6.30. The molecular formula is C27H30ClN3O. The lowest BCUT2D eigenvalue weighted by Crippen LogP contribution is -2.26. The molecular weight excluding hydrogens is 418 g/mol. The predicted octanol–water partition coefficient (Wildman–Crippen LogP) is 6.16. The minimum Gasteiger partial charge on any atom is -0.336 e. The minimum absolute atomic E-state index is 0.00141. The van der Waals surface area contributed by atoms with E-state index >= 15 is 0 Å². The lowest BCUT2D eigenvalue weighted by atomic mass is 9.85. The normalized spacial score (nSPS) is 19.0. The maximum absolute atomic E-state index is 12.7. The summed E-state index contributed by atoms with van der Waals surface area (Å²) in [6, 6.07) is 16.4. The van der Waals surface area contributed by atoms with Gasteiger partial charge in [-0.15, -0.1) is 0 Å². The highest BCUT2D eigenvalue weighted by atomic mass is 35.5. The molecule has 0 spiro atoms. The van der Waals surface area contributed by atoms with Crippen LogP contribution in [0.4, 0.5) is 0 Å². The fourth-order valence-corrected chi connectivity index (χ4v) is 5.08. The fraction of sp³-hybridized carbons (Fsp3) is 0.370. The molecule has 166 valence electrons.